The van der Waals surface area contributed by atoms with Crippen LogP contribution in [0.3, 0.4) is 0 Å². The number of H-pyrrole nitrogens is 1. The molecule has 0 saturated heterocycles. The van der Waals surface area contributed by atoms with Gasteiger partial charge >= 0.3 is 5.97 Å². The molecule has 4 rings (SSSR count). The number of pyridine rings is 1. The van der Waals surface area contributed by atoms with Crippen molar-refractivity contribution in [3.8, 4) is 5.75 Å². The van der Waals surface area contributed by atoms with E-state index in [1.165, 1.54) is 0 Å². The molecule has 0 unspecified atom stereocenters. The molecule has 0 atom stereocenters. The van der Waals surface area contributed by atoms with Gasteiger partial charge in [0.15, 0.2) is 5.75 Å². The van der Waals surface area contributed by atoms with Crippen molar-refractivity contribution < 1.29 is 9.53 Å². The Balaban J connectivity index is 2.01. The lowest BCUT2D eigenvalue weighted by Crippen LogP contribution is -2.10. The molecule has 1 aliphatic heterocycles. The zero-order valence-electron chi connectivity index (χ0n) is 11.5. The van der Waals surface area contributed by atoms with Crippen LogP contribution in [0.25, 0.3) is 22.6 Å². The quantitative estimate of drug-likeness (QED) is 0.553. The van der Waals surface area contributed by atoms with Crippen molar-refractivity contribution in [2.45, 2.75) is 0 Å². The minimum atomic E-state index is -0.499. The molecule has 0 bridgehead atoms. The predicted octanol–water partition coefficient (Wildman–Crippen LogP) is 2.99. The van der Waals surface area contributed by atoms with Gasteiger partial charge in [-0.15, -0.1) is 0 Å². The van der Waals surface area contributed by atoms with E-state index in [0.29, 0.717) is 16.8 Å². The van der Waals surface area contributed by atoms with Gasteiger partial charge < -0.3 is 9.72 Å². The van der Waals surface area contributed by atoms with Crippen molar-refractivity contribution in [3.05, 3.63) is 76.1 Å². The van der Waals surface area contributed by atoms with Crippen molar-refractivity contribution in [2.75, 3.05) is 0 Å². The molecule has 0 aliphatic carbocycles. The first-order chi connectivity index (χ1) is 10.7. The van der Waals surface area contributed by atoms with Gasteiger partial charge in [0, 0.05) is 5.39 Å². The maximum atomic E-state index is 12.3. The number of esters is 1. The summed E-state index contributed by atoms with van der Waals surface area (Å²) in [5, 5.41) is 0.724. The number of hydrogen-bond donors (Lipinski definition) is 1. The Morgan fingerprint density at radius 3 is 2.45 bits per heavy atom. The maximum absolute atomic E-state index is 12.3. The summed E-state index contributed by atoms with van der Waals surface area (Å²) in [6.07, 6.45) is 1.68. The number of aromatic nitrogens is 1. The first-order valence-corrected chi connectivity index (χ1v) is 6.88. The zero-order chi connectivity index (χ0) is 15.1. The fraction of sp³-hybridized carbons (Fsp3) is 0. The Kier molecular flexibility index (Phi) is 2.69. The van der Waals surface area contributed by atoms with Crippen LogP contribution in [-0.2, 0) is 4.79 Å². The van der Waals surface area contributed by atoms with Gasteiger partial charge in [-0.3, -0.25) is 4.79 Å². The molecule has 22 heavy (non-hydrogen) atoms. The molecular weight excluding hydrogens is 278 g/mol. The average molecular weight is 289 g/mol. The smallest absolute Gasteiger partial charge is 0.344 e. The zero-order valence-corrected chi connectivity index (χ0v) is 11.5. The number of carbonyl (C=O) groups is 1. The van der Waals surface area contributed by atoms with Crippen molar-refractivity contribution in [1.82, 2.24) is 4.98 Å². The standard InChI is InChI=1S/C18H11NO3/c20-17-15-13(10-11-6-2-1-3-7-11)18(21)22-16(15)12-8-4-5-9-14(12)19-17/h1-10H,(H,19,20)/b13-10+. The van der Waals surface area contributed by atoms with Crippen molar-refractivity contribution in [1.29, 1.82) is 0 Å². The summed E-state index contributed by atoms with van der Waals surface area (Å²) in [5.41, 5.74) is 1.76. The van der Waals surface area contributed by atoms with E-state index in [4.69, 9.17) is 4.74 Å². The predicted molar refractivity (Wildman–Crippen MR) is 84.5 cm³/mol. The van der Waals surface area contributed by atoms with E-state index >= 15 is 0 Å². The first-order valence-electron chi connectivity index (χ1n) is 6.88. The third-order valence-corrected chi connectivity index (χ3v) is 3.67. The average Bonchev–Trinajstić information content (AvgIpc) is 2.86. The molecule has 4 nitrogen and oxygen atoms in total. The lowest BCUT2D eigenvalue weighted by atomic mass is 10.0. The molecule has 0 saturated carbocycles. The van der Waals surface area contributed by atoms with E-state index in [0.717, 1.165) is 10.9 Å². The third kappa shape index (κ3) is 1.85. The monoisotopic (exact) mass is 289 g/mol. The number of aromatic amines is 1. The SMILES string of the molecule is O=C1Oc2c(c(=O)[nH]c3ccccc23)/C1=C\c1ccccc1. The van der Waals surface area contributed by atoms with Gasteiger partial charge in [0.1, 0.15) is 0 Å². The number of fused-ring (bicyclic) bond motifs is 3. The van der Waals surface area contributed by atoms with Crippen LogP contribution < -0.4 is 10.3 Å². The topological polar surface area (TPSA) is 59.2 Å². The van der Waals surface area contributed by atoms with Gasteiger partial charge in [0.05, 0.1) is 16.7 Å². The number of nitrogens with one attached hydrogen (secondary N) is 1. The number of rotatable bonds is 1. The normalized spacial score (nSPS) is 15.1. The van der Waals surface area contributed by atoms with Crippen LogP contribution in [0.4, 0.5) is 0 Å². The molecular formula is C18H11NO3. The molecule has 2 heterocycles. The van der Waals surface area contributed by atoms with Crippen LogP contribution in [0, 0.1) is 0 Å². The molecule has 0 spiro atoms. The molecule has 3 aromatic rings. The molecule has 0 radical (unpaired) electrons. The molecule has 106 valence electrons. The summed E-state index contributed by atoms with van der Waals surface area (Å²) >= 11 is 0. The number of ether oxygens (including phenoxy) is 1. The fourth-order valence-corrected chi connectivity index (χ4v) is 2.66. The highest BCUT2D eigenvalue weighted by molar-refractivity contribution is 6.27. The van der Waals surface area contributed by atoms with E-state index in [1.807, 2.05) is 48.5 Å². The molecule has 1 aliphatic rings. The molecule has 1 aromatic heterocycles. The van der Waals surface area contributed by atoms with Crippen LogP contribution >= 0.6 is 0 Å². The second kappa shape index (κ2) is 4.70. The Morgan fingerprint density at radius 2 is 1.64 bits per heavy atom. The lowest BCUT2D eigenvalue weighted by molar-refractivity contribution is -0.126. The van der Waals surface area contributed by atoms with Gasteiger partial charge in [-0.1, -0.05) is 42.5 Å². The maximum Gasteiger partial charge on any atom is 0.344 e. The van der Waals surface area contributed by atoms with E-state index in [-0.39, 0.29) is 11.1 Å². The molecule has 0 amide bonds. The number of hydrogen-bond acceptors (Lipinski definition) is 3. The van der Waals surface area contributed by atoms with Crippen LogP contribution in [-0.4, -0.2) is 11.0 Å². The Morgan fingerprint density at radius 1 is 0.909 bits per heavy atom. The first kappa shape index (κ1) is 12.6. The van der Waals surface area contributed by atoms with Crippen LogP contribution in [0.15, 0.2) is 59.4 Å². The van der Waals surface area contributed by atoms with E-state index in [2.05, 4.69) is 4.98 Å². The van der Waals surface area contributed by atoms with Gasteiger partial charge in [0.2, 0.25) is 0 Å². The van der Waals surface area contributed by atoms with Gasteiger partial charge in [-0.2, -0.15) is 0 Å². The summed E-state index contributed by atoms with van der Waals surface area (Å²) in [6.45, 7) is 0. The van der Waals surface area contributed by atoms with Crippen molar-refractivity contribution in [3.63, 3.8) is 0 Å². The summed E-state index contributed by atoms with van der Waals surface area (Å²) in [5.74, 6) is -0.160. The second-order valence-corrected chi connectivity index (χ2v) is 5.06. The summed E-state index contributed by atoms with van der Waals surface area (Å²) in [7, 11) is 0. The highest BCUT2D eigenvalue weighted by Crippen LogP contribution is 2.37. The number of carbonyl (C=O) groups excluding carboxylic acids is 1. The minimum absolute atomic E-state index is 0.285. The van der Waals surface area contributed by atoms with Gasteiger partial charge in [-0.05, 0) is 23.8 Å². The Labute approximate surface area is 125 Å². The lowest BCUT2D eigenvalue weighted by Gasteiger charge is -2.02. The second-order valence-electron chi connectivity index (χ2n) is 5.06. The molecule has 1 N–H and O–H groups in total. The van der Waals surface area contributed by atoms with Crippen LogP contribution in [0.5, 0.6) is 5.75 Å². The van der Waals surface area contributed by atoms with Crippen molar-refractivity contribution >= 4 is 28.5 Å². The highest BCUT2D eigenvalue weighted by Gasteiger charge is 2.31. The van der Waals surface area contributed by atoms with Crippen molar-refractivity contribution in [2.24, 2.45) is 0 Å². The Bertz CT molecular complexity index is 984. The third-order valence-electron chi connectivity index (χ3n) is 3.67. The fourth-order valence-electron chi connectivity index (χ4n) is 2.66. The largest absolute Gasteiger partial charge is 0.421 e. The van der Waals surface area contributed by atoms with Gasteiger partial charge in [-0.25, -0.2) is 4.79 Å². The van der Waals surface area contributed by atoms with E-state index < -0.39 is 5.97 Å². The molecule has 2 aromatic carbocycles. The van der Waals surface area contributed by atoms with E-state index in [1.54, 1.807) is 12.1 Å². The summed E-state index contributed by atoms with van der Waals surface area (Å²) in [6, 6.07) is 16.6. The molecule has 4 heteroatoms. The number of benzene rings is 2. The minimum Gasteiger partial charge on any atom is -0.421 e. The molecule has 0 fully saturated rings. The highest BCUT2D eigenvalue weighted by atomic mass is 16.5. The Hall–Kier alpha value is -3.14. The van der Waals surface area contributed by atoms with Crippen LogP contribution in [0.1, 0.15) is 11.1 Å². The summed E-state index contributed by atoms with van der Waals surface area (Å²) in [4.78, 5) is 27.3. The van der Waals surface area contributed by atoms with Gasteiger partial charge in [0.25, 0.3) is 5.56 Å². The van der Waals surface area contributed by atoms with E-state index in [9.17, 15) is 9.59 Å². The summed E-state index contributed by atoms with van der Waals surface area (Å²) < 4.78 is 5.36. The van der Waals surface area contributed by atoms with Crippen LogP contribution in [0.2, 0.25) is 0 Å². The number of para-hydroxylation sites is 1.